The Hall–Kier alpha value is 0.270. The quantitative estimate of drug-likeness (QED) is 0.449. The Labute approximate surface area is 61.8 Å². The van der Waals surface area contributed by atoms with Crippen LogP contribution in [0, 0.1) is 0 Å². The van der Waals surface area contributed by atoms with Gasteiger partial charge in [0, 0.05) is 17.8 Å². The van der Waals surface area contributed by atoms with Crippen LogP contribution in [0.3, 0.4) is 0 Å². The van der Waals surface area contributed by atoms with E-state index in [1.54, 1.807) is 0 Å². The van der Waals surface area contributed by atoms with Gasteiger partial charge in [-0.05, 0) is 20.0 Å². The standard InChI is InChI=1S/C6H14N2S/c1-7-5-2-3-8-4-6(5)9/h5-9H,2-4H2,1H3. The molecule has 0 bridgehead atoms. The van der Waals surface area contributed by atoms with E-state index in [4.69, 9.17) is 0 Å². The number of hydrogen-bond acceptors (Lipinski definition) is 3. The van der Waals surface area contributed by atoms with E-state index in [1.807, 2.05) is 7.05 Å². The first kappa shape index (κ1) is 7.38. The van der Waals surface area contributed by atoms with Crippen molar-refractivity contribution in [2.45, 2.75) is 17.7 Å². The van der Waals surface area contributed by atoms with Crippen LogP contribution in [-0.2, 0) is 0 Å². The van der Waals surface area contributed by atoms with Gasteiger partial charge in [0.1, 0.15) is 0 Å². The molecule has 2 nitrogen and oxygen atoms in total. The zero-order valence-corrected chi connectivity index (χ0v) is 6.62. The highest BCUT2D eigenvalue weighted by atomic mass is 32.1. The molecule has 3 heteroatoms. The lowest BCUT2D eigenvalue weighted by atomic mass is 10.1. The minimum atomic E-state index is 0.490. The second kappa shape index (κ2) is 3.44. The third-order valence-corrected chi connectivity index (χ3v) is 2.36. The Morgan fingerprint density at radius 1 is 1.67 bits per heavy atom. The lowest BCUT2D eigenvalue weighted by Crippen LogP contribution is -2.47. The summed E-state index contributed by atoms with van der Waals surface area (Å²) in [5.41, 5.74) is 0. The van der Waals surface area contributed by atoms with Crippen molar-refractivity contribution in [1.82, 2.24) is 10.6 Å². The van der Waals surface area contributed by atoms with Crippen LogP contribution in [0.15, 0.2) is 0 Å². The van der Waals surface area contributed by atoms with Gasteiger partial charge in [-0.2, -0.15) is 12.6 Å². The summed E-state index contributed by atoms with van der Waals surface area (Å²) in [7, 11) is 2.00. The van der Waals surface area contributed by atoms with Crippen LogP contribution in [0.4, 0.5) is 0 Å². The lowest BCUT2D eigenvalue weighted by Gasteiger charge is -2.28. The molecule has 54 valence electrons. The summed E-state index contributed by atoms with van der Waals surface area (Å²) in [6, 6.07) is 0.606. The monoisotopic (exact) mass is 146 g/mol. The van der Waals surface area contributed by atoms with Gasteiger partial charge in [0.2, 0.25) is 0 Å². The maximum absolute atomic E-state index is 4.41. The molecule has 0 aromatic heterocycles. The molecule has 0 aromatic rings. The molecule has 2 atom stereocenters. The number of hydrogen-bond donors (Lipinski definition) is 3. The molecule has 1 heterocycles. The Bertz CT molecular complexity index is 87.1. The number of nitrogens with one attached hydrogen (secondary N) is 2. The normalized spacial score (nSPS) is 36.7. The first-order chi connectivity index (χ1) is 4.34. The van der Waals surface area contributed by atoms with Crippen molar-refractivity contribution in [3.63, 3.8) is 0 Å². The fraction of sp³-hybridized carbons (Fsp3) is 1.00. The molecule has 2 N–H and O–H groups in total. The Morgan fingerprint density at radius 3 is 2.89 bits per heavy atom. The fourth-order valence-electron chi connectivity index (χ4n) is 1.18. The van der Waals surface area contributed by atoms with Crippen LogP contribution in [0.25, 0.3) is 0 Å². The van der Waals surface area contributed by atoms with E-state index in [-0.39, 0.29) is 0 Å². The van der Waals surface area contributed by atoms with Crippen molar-refractivity contribution >= 4 is 12.6 Å². The molecule has 1 saturated heterocycles. The maximum Gasteiger partial charge on any atom is 0.0296 e. The smallest absolute Gasteiger partial charge is 0.0296 e. The summed E-state index contributed by atoms with van der Waals surface area (Å²) in [6.07, 6.45) is 1.20. The minimum Gasteiger partial charge on any atom is -0.316 e. The van der Waals surface area contributed by atoms with Crippen LogP contribution < -0.4 is 10.6 Å². The molecule has 0 amide bonds. The molecule has 0 aliphatic carbocycles. The minimum absolute atomic E-state index is 0.490. The molecule has 1 fully saturated rings. The average Bonchev–Trinajstić information content (AvgIpc) is 1.89. The van der Waals surface area contributed by atoms with Crippen molar-refractivity contribution in [3.8, 4) is 0 Å². The molecule has 1 rings (SSSR count). The predicted octanol–water partition coefficient (Wildman–Crippen LogP) is -0.134. The zero-order valence-electron chi connectivity index (χ0n) is 5.72. The molecular formula is C6H14N2S. The fourth-order valence-corrected chi connectivity index (χ4v) is 1.61. The van der Waals surface area contributed by atoms with Crippen LogP contribution >= 0.6 is 12.6 Å². The van der Waals surface area contributed by atoms with E-state index in [0.29, 0.717) is 11.3 Å². The van der Waals surface area contributed by atoms with Crippen molar-refractivity contribution in [2.24, 2.45) is 0 Å². The maximum atomic E-state index is 4.41. The van der Waals surface area contributed by atoms with Crippen LogP contribution in [0.2, 0.25) is 0 Å². The lowest BCUT2D eigenvalue weighted by molar-refractivity contribution is 0.422. The Balaban J connectivity index is 2.30. The van der Waals surface area contributed by atoms with E-state index < -0.39 is 0 Å². The molecule has 2 unspecified atom stereocenters. The topological polar surface area (TPSA) is 24.1 Å². The van der Waals surface area contributed by atoms with Crippen molar-refractivity contribution in [2.75, 3.05) is 20.1 Å². The van der Waals surface area contributed by atoms with E-state index in [1.165, 1.54) is 6.42 Å². The summed E-state index contributed by atoms with van der Waals surface area (Å²) < 4.78 is 0. The molecule has 1 aliphatic rings. The number of rotatable bonds is 1. The molecule has 9 heavy (non-hydrogen) atoms. The molecule has 1 aliphatic heterocycles. The van der Waals surface area contributed by atoms with Crippen LogP contribution in [0.5, 0.6) is 0 Å². The zero-order chi connectivity index (χ0) is 6.69. The molecule has 0 radical (unpaired) electrons. The second-order valence-electron chi connectivity index (χ2n) is 2.46. The highest BCUT2D eigenvalue weighted by Crippen LogP contribution is 2.07. The van der Waals surface area contributed by atoms with E-state index in [2.05, 4.69) is 23.3 Å². The Morgan fingerprint density at radius 2 is 2.44 bits per heavy atom. The summed E-state index contributed by atoms with van der Waals surface area (Å²) in [5, 5.41) is 7.01. The molecule has 0 saturated carbocycles. The van der Waals surface area contributed by atoms with Gasteiger partial charge in [-0.25, -0.2) is 0 Å². The van der Waals surface area contributed by atoms with Gasteiger partial charge in [-0.3, -0.25) is 0 Å². The van der Waals surface area contributed by atoms with Gasteiger partial charge in [-0.15, -0.1) is 0 Å². The van der Waals surface area contributed by atoms with Gasteiger partial charge >= 0.3 is 0 Å². The highest BCUT2D eigenvalue weighted by molar-refractivity contribution is 7.81. The average molecular weight is 146 g/mol. The van der Waals surface area contributed by atoms with Crippen molar-refractivity contribution < 1.29 is 0 Å². The second-order valence-corrected chi connectivity index (χ2v) is 3.12. The van der Waals surface area contributed by atoms with Crippen LogP contribution in [-0.4, -0.2) is 31.4 Å². The third-order valence-electron chi connectivity index (χ3n) is 1.82. The van der Waals surface area contributed by atoms with Crippen molar-refractivity contribution in [1.29, 1.82) is 0 Å². The summed E-state index contributed by atoms with van der Waals surface area (Å²) in [5.74, 6) is 0. The molecule has 0 aromatic carbocycles. The van der Waals surface area contributed by atoms with E-state index in [0.717, 1.165) is 13.1 Å². The summed E-state index contributed by atoms with van der Waals surface area (Å²) >= 11 is 4.41. The van der Waals surface area contributed by atoms with Gasteiger partial charge in [0.25, 0.3) is 0 Å². The summed E-state index contributed by atoms with van der Waals surface area (Å²) in [4.78, 5) is 0. The Kier molecular flexibility index (Phi) is 2.82. The van der Waals surface area contributed by atoms with Gasteiger partial charge in [0.15, 0.2) is 0 Å². The van der Waals surface area contributed by atoms with Crippen LogP contribution in [0.1, 0.15) is 6.42 Å². The molecular weight excluding hydrogens is 132 g/mol. The predicted molar refractivity (Wildman–Crippen MR) is 43.1 cm³/mol. The summed E-state index contributed by atoms with van der Waals surface area (Å²) in [6.45, 7) is 2.16. The first-order valence-corrected chi connectivity index (χ1v) is 3.92. The highest BCUT2D eigenvalue weighted by Gasteiger charge is 2.18. The molecule has 0 spiro atoms. The number of piperidine rings is 1. The van der Waals surface area contributed by atoms with Gasteiger partial charge < -0.3 is 10.6 Å². The van der Waals surface area contributed by atoms with E-state index in [9.17, 15) is 0 Å². The number of thiol groups is 1. The SMILES string of the molecule is CNC1CCNCC1S. The van der Waals surface area contributed by atoms with Gasteiger partial charge in [0.05, 0.1) is 0 Å². The van der Waals surface area contributed by atoms with Crippen molar-refractivity contribution in [3.05, 3.63) is 0 Å². The van der Waals surface area contributed by atoms with E-state index >= 15 is 0 Å². The third kappa shape index (κ3) is 1.85. The van der Waals surface area contributed by atoms with Gasteiger partial charge in [-0.1, -0.05) is 0 Å². The first-order valence-electron chi connectivity index (χ1n) is 3.40. The largest absolute Gasteiger partial charge is 0.316 e.